The van der Waals surface area contributed by atoms with Gasteiger partial charge < -0.3 is 9.52 Å². The molecule has 1 aliphatic rings. The SMILES string of the molecule is CC(O)C(C)SCC(=O)Nc1nnc(C2CC2)o1. The molecule has 2 atom stereocenters. The number of carbonyl (C=O) groups is 1. The Balaban J connectivity index is 1.75. The van der Waals surface area contributed by atoms with E-state index in [-0.39, 0.29) is 22.9 Å². The number of nitrogens with zero attached hydrogens (tertiary/aromatic N) is 2. The Labute approximate surface area is 110 Å². The first-order chi connectivity index (χ1) is 8.56. The molecule has 0 aromatic carbocycles. The third-order valence-corrected chi connectivity index (χ3v) is 4.12. The molecule has 0 saturated heterocycles. The summed E-state index contributed by atoms with van der Waals surface area (Å²) < 4.78 is 5.32. The third kappa shape index (κ3) is 3.71. The normalized spacial score (nSPS) is 18.4. The molecule has 0 spiro atoms. The topological polar surface area (TPSA) is 88.2 Å². The highest BCUT2D eigenvalue weighted by Crippen LogP contribution is 2.39. The Morgan fingerprint density at radius 2 is 2.28 bits per heavy atom. The van der Waals surface area contributed by atoms with E-state index in [1.165, 1.54) is 11.8 Å². The van der Waals surface area contributed by atoms with Gasteiger partial charge in [-0.3, -0.25) is 10.1 Å². The Kier molecular flexibility index (Phi) is 4.23. The van der Waals surface area contributed by atoms with E-state index in [0.29, 0.717) is 11.8 Å². The predicted octanol–water partition coefficient (Wildman–Crippen LogP) is 1.39. The Morgan fingerprint density at radius 3 is 2.89 bits per heavy atom. The lowest BCUT2D eigenvalue weighted by molar-refractivity contribution is -0.113. The number of aliphatic hydroxyl groups excluding tert-OH is 1. The predicted molar refractivity (Wildman–Crippen MR) is 68.5 cm³/mol. The average molecular weight is 271 g/mol. The molecule has 1 aliphatic carbocycles. The van der Waals surface area contributed by atoms with Crippen molar-refractivity contribution >= 4 is 23.7 Å². The number of carbonyl (C=O) groups excluding carboxylic acids is 1. The van der Waals surface area contributed by atoms with E-state index in [1.54, 1.807) is 6.92 Å². The minimum atomic E-state index is -0.437. The zero-order chi connectivity index (χ0) is 13.1. The number of aromatic nitrogens is 2. The summed E-state index contributed by atoms with van der Waals surface area (Å²) in [4.78, 5) is 11.6. The van der Waals surface area contributed by atoms with Gasteiger partial charge in [0.05, 0.1) is 11.9 Å². The molecule has 0 aliphatic heterocycles. The van der Waals surface area contributed by atoms with Gasteiger partial charge >= 0.3 is 6.01 Å². The second-order valence-corrected chi connectivity index (χ2v) is 5.89. The number of anilines is 1. The maximum absolute atomic E-state index is 11.6. The van der Waals surface area contributed by atoms with E-state index in [1.807, 2.05) is 6.92 Å². The third-order valence-electron chi connectivity index (χ3n) is 2.77. The molecule has 1 amide bonds. The quantitative estimate of drug-likeness (QED) is 0.812. The lowest BCUT2D eigenvalue weighted by atomic mass is 10.3. The van der Waals surface area contributed by atoms with Crippen molar-refractivity contribution in [1.82, 2.24) is 10.2 Å². The van der Waals surface area contributed by atoms with E-state index in [9.17, 15) is 9.90 Å². The summed E-state index contributed by atoms with van der Waals surface area (Å²) in [5, 5.41) is 19.5. The Bertz CT molecular complexity index is 417. The highest BCUT2D eigenvalue weighted by atomic mass is 32.2. The summed E-state index contributed by atoms with van der Waals surface area (Å²) in [6.07, 6.45) is 1.72. The van der Waals surface area contributed by atoms with E-state index in [2.05, 4.69) is 15.5 Å². The molecule has 1 fully saturated rings. The molecule has 1 saturated carbocycles. The van der Waals surface area contributed by atoms with Gasteiger partial charge in [-0.05, 0) is 19.8 Å². The molecule has 7 heteroatoms. The van der Waals surface area contributed by atoms with Crippen molar-refractivity contribution in [2.45, 2.75) is 44.0 Å². The average Bonchev–Trinajstić information content (AvgIpc) is 3.07. The van der Waals surface area contributed by atoms with E-state index < -0.39 is 6.10 Å². The van der Waals surface area contributed by atoms with Crippen molar-refractivity contribution in [2.24, 2.45) is 0 Å². The summed E-state index contributed by atoms with van der Waals surface area (Å²) in [7, 11) is 0. The van der Waals surface area contributed by atoms with Crippen LogP contribution < -0.4 is 5.32 Å². The first kappa shape index (κ1) is 13.4. The monoisotopic (exact) mass is 271 g/mol. The van der Waals surface area contributed by atoms with E-state index in [4.69, 9.17) is 4.42 Å². The van der Waals surface area contributed by atoms with Gasteiger partial charge in [-0.15, -0.1) is 16.9 Å². The second-order valence-electron chi connectivity index (χ2n) is 4.52. The van der Waals surface area contributed by atoms with Crippen LogP contribution in [-0.4, -0.2) is 38.3 Å². The number of hydrogen-bond donors (Lipinski definition) is 2. The zero-order valence-electron chi connectivity index (χ0n) is 10.4. The molecular formula is C11H17N3O3S. The van der Waals surface area contributed by atoms with Crippen LogP contribution >= 0.6 is 11.8 Å². The number of rotatable bonds is 6. The molecule has 2 unspecified atom stereocenters. The first-order valence-electron chi connectivity index (χ1n) is 5.99. The molecule has 0 radical (unpaired) electrons. The van der Waals surface area contributed by atoms with Crippen molar-refractivity contribution in [3.8, 4) is 0 Å². The minimum absolute atomic E-state index is 0.0143. The van der Waals surface area contributed by atoms with Gasteiger partial charge in [0.25, 0.3) is 0 Å². The molecular weight excluding hydrogens is 254 g/mol. The number of nitrogens with one attached hydrogen (secondary N) is 1. The van der Waals surface area contributed by atoms with Crippen molar-refractivity contribution in [1.29, 1.82) is 0 Å². The first-order valence-corrected chi connectivity index (χ1v) is 7.04. The number of hydrogen-bond acceptors (Lipinski definition) is 6. The number of amides is 1. The van der Waals surface area contributed by atoms with Crippen LogP contribution in [0.25, 0.3) is 0 Å². The highest BCUT2D eigenvalue weighted by Gasteiger charge is 2.29. The Morgan fingerprint density at radius 1 is 1.56 bits per heavy atom. The smallest absolute Gasteiger partial charge is 0.322 e. The van der Waals surface area contributed by atoms with Crippen LogP contribution in [0.15, 0.2) is 4.42 Å². The van der Waals surface area contributed by atoms with Gasteiger partial charge in [0.15, 0.2) is 0 Å². The lowest BCUT2D eigenvalue weighted by Gasteiger charge is -2.12. The number of aliphatic hydroxyl groups is 1. The van der Waals surface area contributed by atoms with Crippen LogP contribution in [0.5, 0.6) is 0 Å². The van der Waals surface area contributed by atoms with E-state index in [0.717, 1.165) is 12.8 Å². The molecule has 2 rings (SSSR count). The standard InChI is InChI=1S/C11H17N3O3S/c1-6(15)7(2)18-5-9(16)12-11-14-13-10(17-11)8-3-4-8/h6-8,15H,3-5H2,1-2H3,(H,12,14,16). The van der Waals surface area contributed by atoms with Crippen molar-refractivity contribution in [2.75, 3.05) is 11.1 Å². The zero-order valence-corrected chi connectivity index (χ0v) is 11.2. The van der Waals surface area contributed by atoms with Crippen LogP contribution in [0.3, 0.4) is 0 Å². The van der Waals surface area contributed by atoms with Gasteiger partial charge in [-0.1, -0.05) is 12.0 Å². The summed E-state index contributed by atoms with van der Waals surface area (Å²) >= 11 is 1.39. The molecule has 18 heavy (non-hydrogen) atoms. The second kappa shape index (κ2) is 5.71. The molecule has 1 aromatic rings. The number of thioether (sulfide) groups is 1. The van der Waals surface area contributed by atoms with Crippen LogP contribution in [0.4, 0.5) is 6.01 Å². The molecule has 2 N–H and O–H groups in total. The van der Waals surface area contributed by atoms with Crippen LogP contribution in [0, 0.1) is 0 Å². The van der Waals surface area contributed by atoms with Gasteiger partial charge in [-0.25, -0.2) is 0 Å². The summed E-state index contributed by atoms with van der Waals surface area (Å²) in [5.74, 6) is 1.05. The van der Waals surface area contributed by atoms with Gasteiger partial charge in [0.2, 0.25) is 11.8 Å². The fourth-order valence-electron chi connectivity index (χ4n) is 1.28. The maximum atomic E-state index is 11.6. The molecule has 100 valence electrons. The fourth-order valence-corrected chi connectivity index (χ4v) is 2.05. The van der Waals surface area contributed by atoms with Gasteiger partial charge in [0, 0.05) is 11.2 Å². The minimum Gasteiger partial charge on any atom is -0.408 e. The summed E-state index contributed by atoms with van der Waals surface area (Å²) in [6.45, 7) is 3.58. The Hall–Kier alpha value is -1.08. The highest BCUT2D eigenvalue weighted by molar-refractivity contribution is 8.00. The van der Waals surface area contributed by atoms with Crippen LogP contribution in [-0.2, 0) is 4.79 Å². The molecule has 6 nitrogen and oxygen atoms in total. The van der Waals surface area contributed by atoms with Crippen molar-refractivity contribution in [3.05, 3.63) is 5.89 Å². The maximum Gasteiger partial charge on any atom is 0.322 e. The summed E-state index contributed by atoms with van der Waals surface area (Å²) in [5.41, 5.74) is 0. The molecule has 1 aromatic heterocycles. The lowest BCUT2D eigenvalue weighted by Crippen LogP contribution is -2.20. The molecule has 0 bridgehead atoms. The van der Waals surface area contributed by atoms with Gasteiger partial charge in [-0.2, -0.15) is 0 Å². The largest absolute Gasteiger partial charge is 0.408 e. The van der Waals surface area contributed by atoms with Crippen molar-refractivity contribution < 1.29 is 14.3 Å². The van der Waals surface area contributed by atoms with Crippen LogP contribution in [0.2, 0.25) is 0 Å². The molecule has 1 heterocycles. The summed E-state index contributed by atoms with van der Waals surface area (Å²) in [6, 6.07) is 0.159. The van der Waals surface area contributed by atoms with E-state index >= 15 is 0 Å². The van der Waals surface area contributed by atoms with Crippen molar-refractivity contribution in [3.63, 3.8) is 0 Å². The van der Waals surface area contributed by atoms with Crippen LogP contribution in [0.1, 0.15) is 38.5 Å². The van der Waals surface area contributed by atoms with Gasteiger partial charge in [0.1, 0.15) is 0 Å². The fraction of sp³-hybridized carbons (Fsp3) is 0.727.